The molecular weight excluding hydrogens is 314 g/mol. The third-order valence-corrected chi connectivity index (χ3v) is 3.63. The second-order valence-electron chi connectivity index (χ2n) is 5.51. The van der Waals surface area contributed by atoms with Gasteiger partial charge < -0.3 is 20.3 Å². The first-order valence-electron chi connectivity index (χ1n) is 9.33. The normalized spacial score (nSPS) is 8.88. The largest absolute Gasteiger partial charge is 0.400 e. The number of aliphatic hydroxyl groups excluding tert-OH is 2. The Kier molecular flexibility index (Phi) is 31.6. The van der Waals surface area contributed by atoms with E-state index in [2.05, 4.69) is 43.4 Å². The maximum atomic E-state index is 8.00. The SMILES string of the molecule is C=O.CCCCCCCc1ccc(CNCCCC)cc1.CO.CO. The highest BCUT2D eigenvalue weighted by atomic mass is 16.2. The average Bonchev–Trinajstić information content (AvgIpc) is 2.71. The van der Waals surface area contributed by atoms with Gasteiger partial charge in [0.15, 0.2) is 0 Å². The van der Waals surface area contributed by atoms with Crippen molar-refractivity contribution in [2.75, 3.05) is 20.8 Å². The maximum Gasteiger partial charge on any atom is 0.106 e. The van der Waals surface area contributed by atoms with Crippen LogP contribution in [-0.4, -0.2) is 37.8 Å². The van der Waals surface area contributed by atoms with Crippen molar-refractivity contribution in [2.24, 2.45) is 0 Å². The van der Waals surface area contributed by atoms with E-state index in [0.717, 1.165) is 27.3 Å². The van der Waals surface area contributed by atoms with E-state index in [4.69, 9.17) is 15.0 Å². The zero-order chi connectivity index (χ0) is 19.8. The van der Waals surface area contributed by atoms with Crippen LogP contribution < -0.4 is 5.32 Å². The lowest BCUT2D eigenvalue weighted by molar-refractivity contribution is -0.0979. The Hall–Kier alpha value is -1.23. The number of aryl methyl sites for hydroxylation is 1. The van der Waals surface area contributed by atoms with Gasteiger partial charge in [-0.05, 0) is 36.9 Å². The van der Waals surface area contributed by atoms with Crippen LogP contribution in [0, 0.1) is 0 Å². The van der Waals surface area contributed by atoms with Crippen LogP contribution in [0.15, 0.2) is 24.3 Å². The number of aliphatic hydroxyl groups is 2. The van der Waals surface area contributed by atoms with Crippen molar-refractivity contribution >= 4 is 6.79 Å². The third kappa shape index (κ3) is 20.7. The summed E-state index contributed by atoms with van der Waals surface area (Å²) >= 11 is 0. The van der Waals surface area contributed by atoms with Crippen molar-refractivity contribution in [1.82, 2.24) is 5.32 Å². The fourth-order valence-corrected chi connectivity index (χ4v) is 2.29. The van der Waals surface area contributed by atoms with Gasteiger partial charge in [0.05, 0.1) is 0 Å². The highest BCUT2D eigenvalue weighted by Gasteiger charge is 1.96. The number of hydrogen-bond donors (Lipinski definition) is 3. The lowest BCUT2D eigenvalue weighted by Crippen LogP contribution is -2.14. The van der Waals surface area contributed by atoms with E-state index in [1.54, 1.807) is 0 Å². The first kappa shape index (κ1) is 28.6. The molecule has 0 heterocycles. The molecule has 0 radical (unpaired) electrons. The minimum atomic E-state index is 1.00. The molecule has 3 N–H and O–H groups in total. The van der Waals surface area contributed by atoms with Crippen LogP contribution in [0.4, 0.5) is 0 Å². The van der Waals surface area contributed by atoms with Crippen LogP contribution in [0.1, 0.15) is 69.9 Å². The quantitative estimate of drug-likeness (QED) is 0.522. The lowest BCUT2D eigenvalue weighted by Gasteiger charge is -2.06. The van der Waals surface area contributed by atoms with E-state index in [-0.39, 0.29) is 0 Å². The Labute approximate surface area is 155 Å². The first-order chi connectivity index (χ1) is 12.4. The summed E-state index contributed by atoms with van der Waals surface area (Å²) < 4.78 is 0. The van der Waals surface area contributed by atoms with Gasteiger partial charge in [-0.25, -0.2) is 0 Å². The van der Waals surface area contributed by atoms with E-state index < -0.39 is 0 Å². The summed E-state index contributed by atoms with van der Waals surface area (Å²) in [6.07, 6.45) is 10.6. The predicted octanol–water partition coefficient (Wildman–Crippen LogP) is 4.12. The van der Waals surface area contributed by atoms with Crippen LogP contribution in [0.5, 0.6) is 0 Å². The number of unbranched alkanes of at least 4 members (excludes halogenated alkanes) is 5. The molecule has 0 unspecified atom stereocenters. The third-order valence-electron chi connectivity index (χ3n) is 3.63. The van der Waals surface area contributed by atoms with Crippen molar-refractivity contribution in [3.63, 3.8) is 0 Å². The van der Waals surface area contributed by atoms with Gasteiger partial charge in [0.25, 0.3) is 0 Å². The number of benzene rings is 1. The van der Waals surface area contributed by atoms with Crippen LogP contribution in [0.2, 0.25) is 0 Å². The lowest BCUT2D eigenvalue weighted by atomic mass is 10.0. The smallest absolute Gasteiger partial charge is 0.106 e. The summed E-state index contributed by atoms with van der Waals surface area (Å²) in [6.45, 7) is 8.65. The molecule has 25 heavy (non-hydrogen) atoms. The second kappa shape index (κ2) is 27.6. The molecule has 0 saturated carbocycles. The first-order valence-corrected chi connectivity index (χ1v) is 9.33. The molecule has 4 nitrogen and oxygen atoms in total. The van der Waals surface area contributed by atoms with E-state index in [1.807, 2.05) is 6.79 Å². The molecule has 1 aromatic rings. The minimum absolute atomic E-state index is 1.00. The Balaban J connectivity index is -0.000000725. The summed E-state index contributed by atoms with van der Waals surface area (Å²) in [5, 5.41) is 17.5. The molecule has 0 saturated heterocycles. The molecule has 0 bridgehead atoms. The summed E-state index contributed by atoms with van der Waals surface area (Å²) in [6, 6.07) is 9.16. The standard InChI is InChI=1S/C18H31N.2CH4O.CH2O/c1-3-5-7-8-9-10-17-11-13-18(14-12-17)16-19-15-6-4-2;3*1-2/h11-14,19H,3-10,15-16H2,1-2H3;2*2H,1H3;1H2. The zero-order valence-electron chi connectivity index (χ0n) is 16.9. The van der Waals surface area contributed by atoms with Crippen LogP contribution in [0.3, 0.4) is 0 Å². The van der Waals surface area contributed by atoms with Gasteiger partial charge in [0.2, 0.25) is 0 Å². The van der Waals surface area contributed by atoms with Gasteiger partial charge in [-0.1, -0.05) is 70.2 Å². The Morgan fingerprint density at radius 3 is 1.76 bits per heavy atom. The molecule has 0 aliphatic rings. The molecule has 0 spiro atoms. The van der Waals surface area contributed by atoms with E-state index in [0.29, 0.717) is 0 Å². The highest BCUT2D eigenvalue weighted by molar-refractivity contribution is 5.22. The molecule has 0 aliphatic heterocycles. The molecule has 0 aromatic heterocycles. The van der Waals surface area contributed by atoms with E-state index in [1.165, 1.54) is 62.5 Å². The Morgan fingerprint density at radius 1 is 0.760 bits per heavy atom. The van der Waals surface area contributed by atoms with E-state index >= 15 is 0 Å². The molecule has 1 rings (SSSR count). The van der Waals surface area contributed by atoms with Crippen molar-refractivity contribution < 1.29 is 15.0 Å². The number of hydrogen-bond acceptors (Lipinski definition) is 4. The molecule has 0 fully saturated rings. The van der Waals surface area contributed by atoms with Gasteiger partial charge in [-0.2, -0.15) is 0 Å². The van der Waals surface area contributed by atoms with Crippen molar-refractivity contribution in [3.8, 4) is 0 Å². The Morgan fingerprint density at radius 2 is 1.24 bits per heavy atom. The maximum absolute atomic E-state index is 8.00. The zero-order valence-corrected chi connectivity index (χ0v) is 16.9. The number of carbonyl (C=O) groups excluding carboxylic acids is 1. The molecule has 0 aliphatic carbocycles. The second-order valence-corrected chi connectivity index (χ2v) is 5.51. The van der Waals surface area contributed by atoms with Gasteiger partial charge in [0.1, 0.15) is 6.79 Å². The minimum Gasteiger partial charge on any atom is -0.400 e. The highest BCUT2D eigenvalue weighted by Crippen LogP contribution is 2.10. The van der Waals surface area contributed by atoms with Gasteiger partial charge >= 0.3 is 0 Å². The van der Waals surface area contributed by atoms with Gasteiger partial charge in [0, 0.05) is 20.8 Å². The van der Waals surface area contributed by atoms with Crippen molar-refractivity contribution in [2.45, 2.75) is 71.8 Å². The molecule has 0 amide bonds. The number of nitrogens with one attached hydrogen (secondary N) is 1. The monoisotopic (exact) mass is 355 g/mol. The molecular formula is C21H41NO3. The van der Waals surface area contributed by atoms with Crippen LogP contribution in [0.25, 0.3) is 0 Å². The fourth-order valence-electron chi connectivity index (χ4n) is 2.29. The number of rotatable bonds is 11. The summed E-state index contributed by atoms with van der Waals surface area (Å²) in [7, 11) is 2.00. The number of carbonyl (C=O) groups is 1. The van der Waals surface area contributed by atoms with Gasteiger partial charge in [-0.15, -0.1) is 0 Å². The van der Waals surface area contributed by atoms with Crippen LogP contribution >= 0.6 is 0 Å². The molecule has 1 aromatic carbocycles. The topological polar surface area (TPSA) is 69.6 Å². The van der Waals surface area contributed by atoms with Crippen molar-refractivity contribution in [1.29, 1.82) is 0 Å². The van der Waals surface area contributed by atoms with E-state index in [9.17, 15) is 0 Å². The summed E-state index contributed by atoms with van der Waals surface area (Å²) in [5.74, 6) is 0. The Bertz CT molecular complexity index is 328. The van der Waals surface area contributed by atoms with Crippen molar-refractivity contribution in [3.05, 3.63) is 35.4 Å². The molecule has 0 atom stereocenters. The fraction of sp³-hybridized carbons (Fsp3) is 0.667. The molecule has 4 heteroatoms. The summed E-state index contributed by atoms with van der Waals surface area (Å²) in [4.78, 5) is 8.00. The average molecular weight is 356 g/mol. The summed E-state index contributed by atoms with van der Waals surface area (Å²) in [5.41, 5.74) is 2.90. The van der Waals surface area contributed by atoms with Gasteiger partial charge in [-0.3, -0.25) is 0 Å². The predicted molar refractivity (Wildman–Crippen MR) is 109 cm³/mol. The van der Waals surface area contributed by atoms with Crippen LogP contribution in [-0.2, 0) is 17.8 Å². The molecule has 148 valence electrons.